The molecule has 0 amide bonds. The van der Waals surface area contributed by atoms with Crippen molar-refractivity contribution in [3.63, 3.8) is 0 Å². The van der Waals surface area contributed by atoms with Crippen molar-refractivity contribution in [1.82, 2.24) is 5.06 Å². The van der Waals surface area contributed by atoms with E-state index in [-0.39, 0.29) is 13.2 Å². The molecule has 0 bridgehead atoms. The molecule has 0 N–H and O–H groups in total. The number of hydrogen-bond acceptors (Lipinski definition) is 7. The standard InChI is InChI=1S/C28H28NO7/c1-3-33-25(30)19-35-27(21-13-7-5-8-14-21)23-17-11-12-18-24(23)28(29(27)32,22-15-9-6-10-16-22)36-20-26(31)34-4-2/h5-18H,3-4,19-20H2,1-2H3. The Kier molecular flexibility index (Phi) is 7.81. The molecule has 0 fully saturated rings. The summed E-state index contributed by atoms with van der Waals surface area (Å²) in [6.45, 7) is 2.79. The van der Waals surface area contributed by atoms with Gasteiger partial charge in [0.25, 0.3) is 0 Å². The second-order valence-electron chi connectivity index (χ2n) is 8.05. The van der Waals surface area contributed by atoms with Gasteiger partial charge in [-0.25, -0.2) is 9.59 Å². The lowest BCUT2D eigenvalue weighted by Gasteiger charge is -2.40. The molecule has 3 aromatic rings. The molecule has 0 aromatic heterocycles. The summed E-state index contributed by atoms with van der Waals surface area (Å²) < 4.78 is 22.5. The third-order valence-corrected chi connectivity index (χ3v) is 5.97. The molecule has 1 radical (unpaired) electrons. The van der Waals surface area contributed by atoms with Crippen LogP contribution in [0.4, 0.5) is 0 Å². The molecule has 4 rings (SSSR count). The van der Waals surface area contributed by atoms with Crippen molar-refractivity contribution in [2.75, 3.05) is 26.4 Å². The number of fused-ring (bicyclic) bond motifs is 1. The Hall–Kier alpha value is -3.56. The molecule has 1 heterocycles. The van der Waals surface area contributed by atoms with Gasteiger partial charge in [-0.1, -0.05) is 90.0 Å². The van der Waals surface area contributed by atoms with E-state index >= 15 is 0 Å². The van der Waals surface area contributed by atoms with Crippen molar-refractivity contribution in [2.45, 2.75) is 25.3 Å². The van der Waals surface area contributed by atoms with Crippen LogP contribution in [0.15, 0.2) is 84.9 Å². The number of nitrogens with zero attached hydrogens (tertiary/aromatic N) is 1. The second-order valence-corrected chi connectivity index (χ2v) is 8.05. The van der Waals surface area contributed by atoms with Crippen LogP contribution in [0, 0.1) is 0 Å². The maximum absolute atomic E-state index is 14.7. The summed E-state index contributed by atoms with van der Waals surface area (Å²) in [7, 11) is 0. The van der Waals surface area contributed by atoms with Crippen LogP contribution >= 0.6 is 0 Å². The molecule has 36 heavy (non-hydrogen) atoms. The van der Waals surface area contributed by atoms with Crippen molar-refractivity contribution < 1.29 is 33.7 Å². The summed E-state index contributed by atoms with van der Waals surface area (Å²) in [6.07, 6.45) is 0. The number of esters is 2. The first-order valence-corrected chi connectivity index (χ1v) is 11.8. The van der Waals surface area contributed by atoms with Gasteiger partial charge in [-0.3, -0.25) is 0 Å². The third-order valence-electron chi connectivity index (χ3n) is 5.97. The Morgan fingerprint density at radius 3 is 1.36 bits per heavy atom. The number of ether oxygens (including phenoxy) is 4. The molecule has 8 nitrogen and oxygen atoms in total. The van der Waals surface area contributed by atoms with Gasteiger partial charge in [0, 0.05) is 22.3 Å². The van der Waals surface area contributed by atoms with Gasteiger partial charge in [-0.15, -0.1) is 5.21 Å². The van der Waals surface area contributed by atoms with Crippen LogP contribution in [0.5, 0.6) is 0 Å². The van der Waals surface area contributed by atoms with Gasteiger partial charge in [-0.2, -0.15) is 0 Å². The van der Waals surface area contributed by atoms with Crippen LogP contribution in [0.25, 0.3) is 0 Å². The van der Waals surface area contributed by atoms with E-state index in [2.05, 4.69) is 0 Å². The predicted octanol–water partition coefficient (Wildman–Crippen LogP) is 3.91. The second kappa shape index (κ2) is 11.0. The van der Waals surface area contributed by atoms with Crippen molar-refractivity contribution in [3.05, 3.63) is 107 Å². The minimum Gasteiger partial charge on any atom is -0.464 e. The smallest absolute Gasteiger partial charge is 0.332 e. The number of hydroxylamine groups is 2. The fourth-order valence-electron chi connectivity index (χ4n) is 4.56. The quantitative estimate of drug-likeness (QED) is 0.398. The fourth-order valence-corrected chi connectivity index (χ4v) is 4.56. The van der Waals surface area contributed by atoms with Gasteiger partial charge in [0.05, 0.1) is 13.2 Å². The van der Waals surface area contributed by atoms with E-state index in [1.807, 2.05) is 12.1 Å². The lowest BCUT2D eigenvalue weighted by Crippen LogP contribution is -2.53. The van der Waals surface area contributed by atoms with Crippen molar-refractivity contribution in [2.24, 2.45) is 0 Å². The molecule has 187 valence electrons. The first-order valence-electron chi connectivity index (χ1n) is 11.8. The minimum atomic E-state index is -1.77. The van der Waals surface area contributed by atoms with E-state index in [0.717, 1.165) is 0 Å². The summed E-state index contributed by atoms with van der Waals surface area (Å²) in [5.41, 5.74) is -1.57. The third kappa shape index (κ3) is 4.40. The van der Waals surface area contributed by atoms with Crippen molar-refractivity contribution in [3.8, 4) is 0 Å². The molecular formula is C28H28NO7. The summed E-state index contributed by atoms with van der Waals surface area (Å²) in [5, 5.41) is 15.4. The summed E-state index contributed by atoms with van der Waals surface area (Å²) in [4.78, 5) is 24.7. The van der Waals surface area contributed by atoms with Gasteiger partial charge in [-0.05, 0) is 13.8 Å². The highest BCUT2D eigenvalue weighted by Gasteiger charge is 2.64. The van der Waals surface area contributed by atoms with E-state index < -0.39 is 36.6 Å². The van der Waals surface area contributed by atoms with Crippen LogP contribution in [-0.4, -0.2) is 43.4 Å². The topological polar surface area (TPSA) is 94.2 Å². The van der Waals surface area contributed by atoms with E-state index in [0.29, 0.717) is 27.3 Å². The van der Waals surface area contributed by atoms with Gasteiger partial charge in [0.2, 0.25) is 11.4 Å². The average molecular weight is 491 g/mol. The molecule has 1 aliphatic heterocycles. The molecule has 8 heteroatoms. The van der Waals surface area contributed by atoms with Gasteiger partial charge < -0.3 is 18.9 Å². The van der Waals surface area contributed by atoms with E-state index in [1.165, 1.54) is 0 Å². The maximum atomic E-state index is 14.7. The maximum Gasteiger partial charge on any atom is 0.332 e. The van der Waals surface area contributed by atoms with Crippen LogP contribution < -0.4 is 0 Å². The largest absolute Gasteiger partial charge is 0.464 e. The Morgan fingerprint density at radius 2 is 1.00 bits per heavy atom. The fraction of sp³-hybridized carbons (Fsp3) is 0.286. The molecule has 1 aliphatic rings. The van der Waals surface area contributed by atoms with Crippen molar-refractivity contribution >= 4 is 11.9 Å². The Balaban J connectivity index is 1.94. The zero-order valence-corrected chi connectivity index (χ0v) is 20.2. The molecule has 0 saturated carbocycles. The molecule has 0 spiro atoms. The monoisotopic (exact) mass is 490 g/mol. The first-order chi connectivity index (χ1) is 17.5. The number of benzene rings is 3. The van der Waals surface area contributed by atoms with Crippen LogP contribution in [-0.2, 0) is 45.2 Å². The normalized spacial score (nSPS) is 21.1. The van der Waals surface area contributed by atoms with Crippen LogP contribution in [0.3, 0.4) is 0 Å². The van der Waals surface area contributed by atoms with Gasteiger partial charge >= 0.3 is 11.9 Å². The Bertz CT molecular complexity index is 1090. The SMILES string of the molecule is CCOC(=O)COC1(c2ccccc2)c2ccccc2C(OCC(=O)OCC)(c2ccccc2)N1[O]. The van der Waals surface area contributed by atoms with Crippen molar-refractivity contribution in [1.29, 1.82) is 0 Å². The Morgan fingerprint density at radius 1 is 0.639 bits per heavy atom. The predicted molar refractivity (Wildman–Crippen MR) is 129 cm³/mol. The van der Waals surface area contributed by atoms with E-state index in [9.17, 15) is 14.8 Å². The van der Waals surface area contributed by atoms with E-state index in [1.54, 1.807) is 86.6 Å². The van der Waals surface area contributed by atoms with Gasteiger partial charge in [0.1, 0.15) is 13.2 Å². The molecule has 3 aromatic carbocycles. The average Bonchev–Trinajstić information content (AvgIpc) is 3.13. The summed E-state index contributed by atoms with van der Waals surface area (Å²) in [5.74, 6) is -1.22. The molecule has 2 atom stereocenters. The number of rotatable bonds is 10. The highest BCUT2D eigenvalue weighted by molar-refractivity contribution is 5.71. The highest BCUT2D eigenvalue weighted by atomic mass is 16.7. The lowest BCUT2D eigenvalue weighted by molar-refractivity contribution is -0.382. The number of carbonyl (C=O) groups is 2. The zero-order valence-electron chi connectivity index (χ0n) is 20.2. The van der Waals surface area contributed by atoms with E-state index in [4.69, 9.17) is 18.9 Å². The molecular weight excluding hydrogens is 462 g/mol. The molecule has 0 saturated heterocycles. The van der Waals surface area contributed by atoms with Gasteiger partial charge in [0.15, 0.2) is 0 Å². The van der Waals surface area contributed by atoms with Crippen LogP contribution in [0.1, 0.15) is 36.1 Å². The number of hydrogen-bond donors (Lipinski definition) is 0. The summed E-state index contributed by atoms with van der Waals surface area (Å²) >= 11 is 0. The summed E-state index contributed by atoms with van der Waals surface area (Å²) in [6, 6.07) is 24.8. The van der Waals surface area contributed by atoms with Crippen LogP contribution in [0.2, 0.25) is 0 Å². The molecule has 2 unspecified atom stereocenters. The lowest BCUT2D eigenvalue weighted by atomic mass is 9.91. The minimum absolute atomic E-state index is 0.175. The zero-order chi connectivity index (χ0) is 25.6. The number of carbonyl (C=O) groups excluding carboxylic acids is 2. The first kappa shape index (κ1) is 25.5. The highest BCUT2D eigenvalue weighted by Crippen LogP contribution is 2.56. The Labute approximate surface area is 209 Å². The molecule has 0 aliphatic carbocycles.